The molecule has 0 spiro atoms. The zero-order chi connectivity index (χ0) is 15.1. The average molecular weight is 280 g/mol. The van der Waals surface area contributed by atoms with Crippen LogP contribution in [-0.2, 0) is 0 Å². The number of hydrogen-bond donors (Lipinski definition) is 1. The van der Waals surface area contributed by atoms with Gasteiger partial charge in [-0.2, -0.15) is 0 Å². The average Bonchev–Trinajstić information content (AvgIpc) is 2.44. The maximum Gasteiger partial charge on any atom is 0.276 e. The van der Waals surface area contributed by atoms with Gasteiger partial charge in [-0.15, -0.1) is 0 Å². The molecule has 6 heteroatoms. The van der Waals surface area contributed by atoms with Crippen molar-refractivity contribution in [2.75, 3.05) is 29.9 Å². The van der Waals surface area contributed by atoms with E-state index in [1.165, 1.54) is 6.07 Å². The van der Waals surface area contributed by atoms with Crippen molar-refractivity contribution in [3.8, 4) is 0 Å². The summed E-state index contributed by atoms with van der Waals surface area (Å²) in [6.45, 7) is 10.6. The number of hydrogen-bond acceptors (Lipinski definition) is 5. The van der Waals surface area contributed by atoms with Crippen LogP contribution in [0.5, 0.6) is 0 Å². The number of aromatic nitrogens is 1. The van der Waals surface area contributed by atoms with Crippen LogP contribution in [0.25, 0.3) is 0 Å². The van der Waals surface area contributed by atoms with Crippen molar-refractivity contribution in [2.45, 2.75) is 34.1 Å². The van der Waals surface area contributed by atoms with Crippen molar-refractivity contribution >= 4 is 17.3 Å². The second-order valence-corrected chi connectivity index (χ2v) is 4.91. The summed E-state index contributed by atoms with van der Waals surface area (Å²) in [5.74, 6) is 1.75. The van der Waals surface area contributed by atoms with Gasteiger partial charge in [-0.25, -0.2) is 4.98 Å². The van der Waals surface area contributed by atoms with Gasteiger partial charge in [-0.05, 0) is 19.8 Å². The van der Waals surface area contributed by atoms with Crippen LogP contribution in [-0.4, -0.2) is 29.5 Å². The van der Waals surface area contributed by atoms with Crippen LogP contribution in [0.2, 0.25) is 0 Å². The molecule has 0 aliphatic rings. The van der Waals surface area contributed by atoms with E-state index in [1.807, 2.05) is 13.8 Å². The van der Waals surface area contributed by atoms with Crippen molar-refractivity contribution < 1.29 is 4.92 Å². The van der Waals surface area contributed by atoms with Gasteiger partial charge in [-0.3, -0.25) is 10.1 Å². The zero-order valence-electron chi connectivity index (χ0n) is 12.7. The molecule has 1 atom stereocenters. The van der Waals surface area contributed by atoms with E-state index in [0.717, 1.165) is 19.5 Å². The summed E-state index contributed by atoms with van der Waals surface area (Å²) in [7, 11) is 0. The van der Waals surface area contributed by atoms with Crippen molar-refractivity contribution in [1.29, 1.82) is 0 Å². The topological polar surface area (TPSA) is 71.3 Å². The van der Waals surface area contributed by atoms with Crippen LogP contribution in [0, 0.1) is 16.0 Å². The van der Waals surface area contributed by atoms with Gasteiger partial charge < -0.3 is 10.2 Å². The second kappa shape index (κ2) is 7.67. The van der Waals surface area contributed by atoms with E-state index in [0.29, 0.717) is 24.1 Å². The van der Waals surface area contributed by atoms with E-state index in [-0.39, 0.29) is 10.6 Å². The van der Waals surface area contributed by atoms with Crippen molar-refractivity contribution in [3.63, 3.8) is 0 Å². The standard InChI is InChI=1S/C14H24N4O2/c1-5-11(4)10-17(7-3)14-9-12(18(19)20)8-13(16-14)15-6-2/h8-9,11H,5-7,10H2,1-4H3,(H,15,16). The lowest BCUT2D eigenvalue weighted by molar-refractivity contribution is -0.384. The second-order valence-electron chi connectivity index (χ2n) is 4.91. The minimum absolute atomic E-state index is 0.0774. The van der Waals surface area contributed by atoms with E-state index in [1.54, 1.807) is 6.07 Å². The number of anilines is 2. The molecule has 1 unspecified atom stereocenters. The van der Waals surface area contributed by atoms with Crippen molar-refractivity contribution in [1.82, 2.24) is 4.98 Å². The molecule has 0 aliphatic carbocycles. The molecule has 1 aromatic heterocycles. The molecule has 0 aliphatic heterocycles. The van der Waals surface area contributed by atoms with E-state index in [4.69, 9.17) is 0 Å². The van der Waals surface area contributed by atoms with Gasteiger partial charge in [0.1, 0.15) is 11.6 Å². The van der Waals surface area contributed by atoms with Gasteiger partial charge in [0.2, 0.25) is 0 Å². The van der Waals surface area contributed by atoms with Crippen LogP contribution >= 0.6 is 0 Å². The van der Waals surface area contributed by atoms with Crippen molar-refractivity contribution in [2.24, 2.45) is 5.92 Å². The third-order valence-corrected chi connectivity index (χ3v) is 3.30. The Morgan fingerprint density at radius 1 is 1.40 bits per heavy atom. The first-order chi connectivity index (χ1) is 9.51. The zero-order valence-corrected chi connectivity index (χ0v) is 12.7. The van der Waals surface area contributed by atoms with Gasteiger partial charge in [-0.1, -0.05) is 20.3 Å². The van der Waals surface area contributed by atoms with Crippen LogP contribution < -0.4 is 10.2 Å². The third-order valence-electron chi connectivity index (χ3n) is 3.30. The highest BCUT2D eigenvalue weighted by Crippen LogP contribution is 2.24. The number of nitrogens with one attached hydrogen (secondary N) is 1. The molecule has 0 radical (unpaired) electrons. The molecule has 1 aromatic rings. The fourth-order valence-corrected chi connectivity index (χ4v) is 1.93. The quantitative estimate of drug-likeness (QED) is 0.584. The Balaban J connectivity index is 3.09. The number of nitro groups is 1. The minimum atomic E-state index is -0.372. The van der Waals surface area contributed by atoms with Gasteiger partial charge >= 0.3 is 0 Å². The van der Waals surface area contributed by atoms with Crippen LogP contribution in [0.1, 0.15) is 34.1 Å². The molecule has 0 aromatic carbocycles. The predicted octanol–water partition coefficient (Wildman–Crippen LogP) is 3.29. The fraction of sp³-hybridized carbons (Fsp3) is 0.643. The Morgan fingerprint density at radius 3 is 2.60 bits per heavy atom. The Kier molecular flexibility index (Phi) is 6.21. The van der Waals surface area contributed by atoms with E-state index >= 15 is 0 Å². The van der Waals surface area contributed by atoms with Gasteiger partial charge in [0, 0.05) is 19.6 Å². The lowest BCUT2D eigenvalue weighted by Crippen LogP contribution is -2.29. The first-order valence-electron chi connectivity index (χ1n) is 7.17. The molecule has 1 heterocycles. The number of nitrogens with zero attached hydrogens (tertiary/aromatic N) is 3. The summed E-state index contributed by atoms with van der Waals surface area (Å²) in [6, 6.07) is 3.02. The van der Waals surface area contributed by atoms with Crippen LogP contribution in [0.3, 0.4) is 0 Å². The molecule has 0 amide bonds. The molecule has 6 nitrogen and oxygen atoms in total. The lowest BCUT2D eigenvalue weighted by Gasteiger charge is -2.25. The first-order valence-corrected chi connectivity index (χ1v) is 7.17. The highest BCUT2D eigenvalue weighted by Gasteiger charge is 2.16. The SMILES string of the molecule is CCNc1cc([N+](=O)[O-])cc(N(CC)CC(C)CC)n1. The summed E-state index contributed by atoms with van der Waals surface area (Å²) >= 11 is 0. The molecule has 0 saturated carbocycles. The third kappa shape index (κ3) is 4.36. The maximum atomic E-state index is 11.0. The largest absolute Gasteiger partial charge is 0.370 e. The molecule has 1 rings (SSSR count). The van der Waals surface area contributed by atoms with Crippen LogP contribution in [0.15, 0.2) is 12.1 Å². The summed E-state index contributed by atoms with van der Waals surface area (Å²) in [6.07, 6.45) is 1.07. The summed E-state index contributed by atoms with van der Waals surface area (Å²) in [4.78, 5) is 17.2. The molecule has 0 saturated heterocycles. The van der Waals surface area contributed by atoms with Gasteiger partial charge in [0.05, 0.1) is 17.1 Å². The molecule has 1 N–H and O–H groups in total. The van der Waals surface area contributed by atoms with Crippen molar-refractivity contribution in [3.05, 3.63) is 22.2 Å². The molecule has 0 bridgehead atoms. The maximum absolute atomic E-state index is 11.0. The van der Waals surface area contributed by atoms with Gasteiger partial charge in [0.15, 0.2) is 0 Å². The fourth-order valence-electron chi connectivity index (χ4n) is 1.93. The summed E-state index contributed by atoms with van der Waals surface area (Å²) in [5.41, 5.74) is 0.0774. The Bertz CT molecular complexity index is 451. The molecule has 20 heavy (non-hydrogen) atoms. The summed E-state index contributed by atoms with van der Waals surface area (Å²) in [5, 5.41) is 14.1. The Labute approximate surface area is 120 Å². The number of pyridine rings is 1. The van der Waals surface area contributed by atoms with E-state index in [2.05, 4.69) is 29.0 Å². The Morgan fingerprint density at radius 2 is 2.10 bits per heavy atom. The smallest absolute Gasteiger partial charge is 0.276 e. The van der Waals surface area contributed by atoms with E-state index in [9.17, 15) is 10.1 Å². The van der Waals surface area contributed by atoms with Gasteiger partial charge in [0.25, 0.3) is 5.69 Å². The normalized spacial score (nSPS) is 12.0. The summed E-state index contributed by atoms with van der Waals surface area (Å²) < 4.78 is 0. The highest BCUT2D eigenvalue weighted by molar-refractivity contribution is 5.55. The first kappa shape index (κ1) is 16.2. The van der Waals surface area contributed by atoms with E-state index < -0.39 is 0 Å². The lowest BCUT2D eigenvalue weighted by atomic mass is 10.1. The molecular formula is C14H24N4O2. The van der Waals surface area contributed by atoms with Crippen LogP contribution in [0.4, 0.5) is 17.3 Å². The highest BCUT2D eigenvalue weighted by atomic mass is 16.6. The molecule has 112 valence electrons. The molecular weight excluding hydrogens is 256 g/mol. The monoisotopic (exact) mass is 280 g/mol. The Hall–Kier alpha value is -1.85. The number of rotatable bonds is 8. The minimum Gasteiger partial charge on any atom is -0.370 e. The molecule has 0 fully saturated rings. The predicted molar refractivity (Wildman–Crippen MR) is 82.4 cm³/mol.